The van der Waals surface area contributed by atoms with Crippen molar-refractivity contribution in [2.24, 2.45) is 0 Å². The molecule has 0 aliphatic carbocycles. The highest BCUT2D eigenvalue weighted by Crippen LogP contribution is 2.14. The van der Waals surface area contributed by atoms with Crippen LogP contribution in [0.2, 0.25) is 0 Å². The third-order valence-corrected chi connectivity index (χ3v) is 1.74. The molecule has 4 heteroatoms. The van der Waals surface area contributed by atoms with Gasteiger partial charge in [-0.25, -0.2) is 9.18 Å². The van der Waals surface area contributed by atoms with Crippen LogP contribution in [0.4, 0.5) is 9.18 Å². The molecule has 0 saturated heterocycles. The van der Waals surface area contributed by atoms with E-state index in [1.807, 2.05) is 0 Å². The molecule has 0 bridgehead atoms. The van der Waals surface area contributed by atoms with Gasteiger partial charge in [-0.1, -0.05) is 18.2 Å². The Morgan fingerprint density at radius 1 is 1.50 bits per heavy atom. The van der Waals surface area contributed by atoms with Crippen LogP contribution in [0, 0.1) is 5.82 Å². The van der Waals surface area contributed by atoms with Crippen molar-refractivity contribution in [2.75, 3.05) is 0 Å². The highest BCUT2D eigenvalue weighted by atomic mass is 19.1. The van der Waals surface area contributed by atoms with Gasteiger partial charge in [0.15, 0.2) is 0 Å². The molecule has 1 aromatic rings. The van der Waals surface area contributed by atoms with Crippen molar-refractivity contribution in [3.8, 4) is 0 Å². The third-order valence-electron chi connectivity index (χ3n) is 1.74. The van der Waals surface area contributed by atoms with E-state index < -0.39 is 12.1 Å². The lowest BCUT2D eigenvalue weighted by atomic mass is 10.1. The first kappa shape index (κ1) is 10.2. The average molecular weight is 195 g/mol. The first-order valence-electron chi connectivity index (χ1n) is 4.01. The fourth-order valence-corrected chi connectivity index (χ4v) is 1.08. The predicted octanol–water partition coefficient (Wildman–Crippen LogP) is 2.32. The zero-order chi connectivity index (χ0) is 10.6. The van der Waals surface area contributed by atoms with Crippen LogP contribution in [0.25, 0.3) is 0 Å². The van der Waals surface area contributed by atoms with E-state index in [9.17, 15) is 9.18 Å². The second-order valence-corrected chi connectivity index (χ2v) is 2.71. The Balaban J connectivity index is 2.84. The molecule has 0 radical (unpaired) electrons. The van der Waals surface area contributed by atoms with Crippen LogP contribution in [-0.4, -0.2) is 11.2 Å². The Labute approximate surface area is 80.9 Å². The second kappa shape index (κ2) is 4.41. The minimum atomic E-state index is -1.14. The summed E-state index contributed by atoms with van der Waals surface area (Å²) in [7, 11) is 0. The van der Waals surface area contributed by atoms with E-state index in [0.717, 1.165) is 0 Å². The minimum Gasteiger partial charge on any atom is -0.465 e. The van der Waals surface area contributed by atoms with Gasteiger partial charge in [0.1, 0.15) is 5.82 Å². The molecule has 0 saturated carbocycles. The molecule has 0 heterocycles. The van der Waals surface area contributed by atoms with Crippen LogP contribution in [0.5, 0.6) is 0 Å². The van der Waals surface area contributed by atoms with Crippen molar-refractivity contribution in [3.63, 3.8) is 0 Å². The smallest absolute Gasteiger partial charge is 0.405 e. The number of carbonyl (C=O) groups is 1. The van der Waals surface area contributed by atoms with E-state index in [1.54, 1.807) is 0 Å². The molecule has 0 fully saturated rings. The lowest BCUT2D eigenvalue weighted by molar-refractivity contribution is 0.192. The first-order chi connectivity index (χ1) is 6.63. The van der Waals surface area contributed by atoms with Crippen LogP contribution in [0.1, 0.15) is 11.6 Å². The zero-order valence-electron chi connectivity index (χ0n) is 7.40. The van der Waals surface area contributed by atoms with Gasteiger partial charge in [-0.3, -0.25) is 0 Å². The molecule has 0 aliphatic heterocycles. The Morgan fingerprint density at radius 3 is 2.50 bits per heavy atom. The zero-order valence-corrected chi connectivity index (χ0v) is 7.40. The SMILES string of the molecule is C=CC(NC(=O)O)c1ccc(F)cc1. The van der Waals surface area contributed by atoms with Crippen LogP contribution in [0.15, 0.2) is 36.9 Å². The van der Waals surface area contributed by atoms with Crippen LogP contribution in [0.3, 0.4) is 0 Å². The van der Waals surface area contributed by atoms with Crippen molar-refractivity contribution in [2.45, 2.75) is 6.04 Å². The van der Waals surface area contributed by atoms with Gasteiger partial charge < -0.3 is 10.4 Å². The van der Waals surface area contributed by atoms with Gasteiger partial charge in [0.25, 0.3) is 0 Å². The lowest BCUT2D eigenvalue weighted by Gasteiger charge is -2.12. The maximum Gasteiger partial charge on any atom is 0.405 e. The summed E-state index contributed by atoms with van der Waals surface area (Å²) < 4.78 is 12.6. The lowest BCUT2D eigenvalue weighted by Crippen LogP contribution is -2.25. The van der Waals surface area contributed by atoms with Gasteiger partial charge in [0.05, 0.1) is 6.04 Å². The summed E-state index contributed by atoms with van der Waals surface area (Å²) in [4.78, 5) is 10.4. The van der Waals surface area contributed by atoms with Gasteiger partial charge in [-0.2, -0.15) is 0 Å². The van der Waals surface area contributed by atoms with Gasteiger partial charge >= 0.3 is 6.09 Å². The van der Waals surface area contributed by atoms with E-state index in [4.69, 9.17) is 5.11 Å². The Kier molecular flexibility index (Phi) is 3.23. The summed E-state index contributed by atoms with van der Waals surface area (Å²) in [5.41, 5.74) is 0.656. The average Bonchev–Trinajstić information content (AvgIpc) is 2.15. The Bertz CT molecular complexity index is 334. The van der Waals surface area contributed by atoms with Crippen molar-refractivity contribution in [3.05, 3.63) is 48.3 Å². The summed E-state index contributed by atoms with van der Waals surface area (Å²) in [6.07, 6.45) is 0.306. The summed E-state index contributed by atoms with van der Waals surface area (Å²) in [5, 5.41) is 10.7. The van der Waals surface area contributed by atoms with Crippen molar-refractivity contribution >= 4 is 6.09 Å². The van der Waals surface area contributed by atoms with Crippen LogP contribution in [-0.2, 0) is 0 Å². The molecule has 1 atom stereocenters. The Hall–Kier alpha value is -1.84. The van der Waals surface area contributed by atoms with E-state index >= 15 is 0 Å². The number of hydrogen-bond acceptors (Lipinski definition) is 1. The van der Waals surface area contributed by atoms with Gasteiger partial charge in [-0.05, 0) is 17.7 Å². The molecule has 2 N–H and O–H groups in total. The number of amides is 1. The number of rotatable bonds is 3. The number of hydrogen-bond donors (Lipinski definition) is 2. The monoisotopic (exact) mass is 195 g/mol. The topological polar surface area (TPSA) is 49.3 Å². The second-order valence-electron chi connectivity index (χ2n) is 2.71. The number of benzene rings is 1. The third kappa shape index (κ3) is 2.58. The summed E-state index contributed by atoms with van der Waals surface area (Å²) in [5.74, 6) is -0.355. The Morgan fingerprint density at radius 2 is 2.07 bits per heavy atom. The fraction of sp³-hybridized carbons (Fsp3) is 0.100. The molecular formula is C10H10FNO2. The van der Waals surface area contributed by atoms with E-state index in [1.165, 1.54) is 30.3 Å². The first-order valence-corrected chi connectivity index (χ1v) is 4.01. The summed E-state index contributed by atoms with van der Waals surface area (Å²) in [6, 6.07) is 5.06. The van der Waals surface area contributed by atoms with Crippen LogP contribution >= 0.6 is 0 Å². The maximum atomic E-state index is 12.6. The molecule has 74 valence electrons. The molecular weight excluding hydrogens is 185 g/mol. The molecule has 0 aliphatic rings. The summed E-state index contributed by atoms with van der Waals surface area (Å²) >= 11 is 0. The normalized spacial score (nSPS) is 11.8. The van der Waals surface area contributed by atoms with Gasteiger partial charge in [0.2, 0.25) is 0 Å². The molecule has 3 nitrogen and oxygen atoms in total. The molecule has 1 rings (SSSR count). The molecule has 0 aromatic heterocycles. The quantitative estimate of drug-likeness (QED) is 0.727. The largest absolute Gasteiger partial charge is 0.465 e. The van der Waals surface area contributed by atoms with E-state index in [2.05, 4.69) is 11.9 Å². The van der Waals surface area contributed by atoms with Crippen molar-refractivity contribution in [1.29, 1.82) is 0 Å². The predicted molar refractivity (Wildman–Crippen MR) is 50.5 cm³/mol. The minimum absolute atomic E-state index is 0.355. The van der Waals surface area contributed by atoms with Crippen molar-refractivity contribution < 1.29 is 14.3 Å². The highest BCUT2D eigenvalue weighted by Gasteiger charge is 2.09. The maximum absolute atomic E-state index is 12.6. The summed E-state index contributed by atoms with van der Waals surface area (Å²) in [6.45, 7) is 3.49. The molecule has 1 amide bonds. The molecule has 1 unspecified atom stereocenters. The van der Waals surface area contributed by atoms with Crippen LogP contribution < -0.4 is 5.32 Å². The molecule has 1 aromatic carbocycles. The van der Waals surface area contributed by atoms with E-state index in [0.29, 0.717) is 5.56 Å². The number of carboxylic acid groups (broad SMARTS) is 1. The standard InChI is InChI=1S/C10H10FNO2/c1-2-9(12-10(13)14)7-3-5-8(11)6-4-7/h2-6,9,12H,1H2,(H,13,14). The van der Waals surface area contributed by atoms with Gasteiger partial charge in [0, 0.05) is 0 Å². The highest BCUT2D eigenvalue weighted by molar-refractivity contribution is 5.65. The van der Waals surface area contributed by atoms with Crippen molar-refractivity contribution in [1.82, 2.24) is 5.32 Å². The van der Waals surface area contributed by atoms with Gasteiger partial charge in [-0.15, -0.1) is 6.58 Å². The molecule has 0 spiro atoms. The number of halogens is 1. The number of nitrogens with one attached hydrogen (secondary N) is 1. The van der Waals surface area contributed by atoms with E-state index in [-0.39, 0.29) is 5.82 Å². The molecule has 14 heavy (non-hydrogen) atoms. The fourth-order valence-electron chi connectivity index (χ4n) is 1.08.